The van der Waals surface area contributed by atoms with Crippen LogP contribution >= 0.6 is 0 Å². The largest absolute Gasteiger partial charge is 0.496 e. The van der Waals surface area contributed by atoms with Gasteiger partial charge in [0.2, 0.25) is 11.8 Å². The number of carbonyl (C=O) groups is 5. The van der Waals surface area contributed by atoms with E-state index in [0.717, 1.165) is 31.2 Å². The van der Waals surface area contributed by atoms with Gasteiger partial charge in [-0.15, -0.1) is 6.58 Å². The minimum absolute atomic E-state index is 0.0189. The molecule has 5 atom stereocenters. The maximum atomic E-state index is 14.5. The van der Waals surface area contributed by atoms with E-state index < -0.39 is 53.0 Å². The Kier molecular flexibility index (Phi) is 11.0. The van der Waals surface area contributed by atoms with Crippen molar-refractivity contribution < 1.29 is 42.9 Å². The Labute approximate surface area is 298 Å². The van der Waals surface area contributed by atoms with E-state index in [4.69, 9.17) is 18.9 Å². The Morgan fingerprint density at radius 3 is 2.37 bits per heavy atom. The van der Waals surface area contributed by atoms with Crippen molar-refractivity contribution in [2.24, 2.45) is 11.3 Å². The number of hydrogen-bond acceptors (Lipinski definition) is 10. The quantitative estimate of drug-likeness (QED) is 0.178. The molecule has 3 fully saturated rings. The highest BCUT2D eigenvalue weighted by Gasteiger charge is 2.62. The summed E-state index contributed by atoms with van der Waals surface area (Å²) in [6, 6.07) is 3.06. The van der Waals surface area contributed by atoms with Crippen LogP contribution in [0.25, 0.3) is 10.9 Å². The van der Waals surface area contributed by atoms with Gasteiger partial charge in [0, 0.05) is 36.3 Å². The third-order valence-electron chi connectivity index (χ3n) is 10.2. The van der Waals surface area contributed by atoms with Gasteiger partial charge in [-0.05, 0) is 56.1 Å². The maximum absolute atomic E-state index is 14.5. The molecule has 13 nitrogen and oxygen atoms in total. The first-order valence-corrected chi connectivity index (χ1v) is 17.7. The van der Waals surface area contributed by atoms with Gasteiger partial charge in [-0.25, -0.2) is 14.6 Å². The zero-order valence-corrected chi connectivity index (χ0v) is 30.6. The first-order valence-electron chi connectivity index (χ1n) is 17.7. The molecule has 2 aromatic rings. The highest BCUT2D eigenvalue weighted by atomic mass is 16.6. The van der Waals surface area contributed by atoms with Crippen LogP contribution in [0.3, 0.4) is 0 Å². The molecular formula is C38H50N4O9. The second-order valence-electron chi connectivity index (χ2n) is 14.9. The number of ether oxygens (including phenoxy) is 4. The van der Waals surface area contributed by atoms with Gasteiger partial charge >= 0.3 is 12.1 Å². The number of nitrogens with zero attached hydrogens (tertiary/aromatic N) is 2. The summed E-state index contributed by atoms with van der Waals surface area (Å²) in [4.78, 5) is 73.4. The molecule has 51 heavy (non-hydrogen) atoms. The molecule has 1 aliphatic heterocycles. The summed E-state index contributed by atoms with van der Waals surface area (Å²) in [7, 11) is 2.81. The lowest BCUT2D eigenvalue weighted by atomic mass is 9.85. The molecule has 3 aliphatic rings. The molecule has 13 heteroatoms. The van der Waals surface area contributed by atoms with Gasteiger partial charge in [0.1, 0.15) is 47.0 Å². The number of aryl methyl sites for hydroxylation is 1. The van der Waals surface area contributed by atoms with Crippen LogP contribution in [-0.4, -0.2) is 90.1 Å². The summed E-state index contributed by atoms with van der Waals surface area (Å²) in [5, 5.41) is 6.28. The van der Waals surface area contributed by atoms with E-state index in [9.17, 15) is 24.0 Å². The lowest BCUT2D eigenvalue weighted by molar-refractivity contribution is -0.148. The van der Waals surface area contributed by atoms with Crippen LogP contribution in [0.1, 0.15) is 88.7 Å². The highest BCUT2D eigenvalue weighted by molar-refractivity contribution is 5.99. The van der Waals surface area contributed by atoms with Crippen LogP contribution in [0.4, 0.5) is 4.79 Å². The summed E-state index contributed by atoms with van der Waals surface area (Å²) in [5.74, 6) is -1.21. The molecular weight excluding hydrogens is 656 g/mol. The van der Waals surface area contributed by atoms with E-state index in [1.54, 1.807) is 32.2 Å². The van der Waals surface area contributed by atoms with Gasteiger partial charge in [-0.3, -0.25) is 14.4 Å². The van der Waals surface area contributed by atoms with Gasteiger partial charge in [0.15, 0.2) is 5.78 Å². The number of esters is 1. The number of carbonyl (C=O) groups excluding carboxylic acids is 5. The topological polar surface area (TPSA) is 162 Å². The number of Topliss-reactive ketones (excluding diaryl/α,β-unsaturated/α-hetero) is 1. The number of amides is 3. The standard InChI is InChI=1S/C38H50N4O9/c1-9-22-19-38(22,35(46)49-8)41-33(44)28-16-24(20-42(28)34(45)32(37(4,5)6)40-36(47)51-23-13-11-12-14-23)50-31-18-27(29(43)10-2)39-26-17-30(48-7)21(3)15-25(26)31/h9,15,17-18,22-24,28,32H,1,10-14,16,19-20H2,2-8H3,(H,40,47)(H,41,44)/t22?,24-,28-,32?,38?/m0/s1. The second kappa shape index (κ2) is 14.9. The van der Waals surface area contributed by atoms with Gasteiger partial charge < -0.3 is 34.5 Å². The van der Waals surface area contributed by atoms with Crippen molar-refractivity contribution in [1.82, 2.24) is 20.5 Å². The van der Waals surface area contributed by atoms with E-state index in [-0.39, 0.29) is 42.9 Å². The maximum Gasteiger partial charge on any atom is 0.408 e. The second-order valence-corrected chi connectivity index (χ2v) is 14.9. The molecule has 0 radical (unpaired) electrons. The lowest BCUT2D eigenvalue weighted by Gasteiger charge is -2.35. The summed E-state index contributed by atoms with van der Waals surface area (Å²) < 4.78 is 22.7. The zero-order chi connectivity index (χ0) is 37.2. The molecule has 2 heterocycles. The Morgan fingerprint density at radius 2 is 1.78 bits per heavy atom. The molecule has 2 N–H and O–H groups in total. The average Bonchev–Trinajstić information content (AvgIpc) is 3.36. The van der Waals surface area contributed by atoms with Gasteiger partial charge in [0.05, 0.1) is 26.3 Å². The molecule has 2 saturated carbocycles. The number of ketones is 1. The van der Waals surface area contributed by atoms with Gasteiger partial charge in [0.25, 0.3) is 0 Å². The Bertz CT molecular complexity index is 1710. The van der Waals surface area contributed by atoms with E-state index in [2.05, 4.69) is 22.2 Å². The summed E-state index contributed by atoms with van der Waals surface area (Å²) in [6.45, 7) is 12.9. The van der Waals surface area contributed by atoms with Crippen LogP contribution in [0.2, 0.25) is 0 Å². The van der Waals surface area contributed by atoms with E-state index in [0.29, 0.717) is 28.8 Å². The number of aromatic nitrogens is 1. The molecule has 276 valence electrons. The molecule has 1 aromatic heterocycles. The minimum Gasteiger partial charge on any atom is -0.496 e. The minimum atomic E-state index is -1.29. The summed E-state index contributed by atoms with van der Waals surface area (Å²) >= 11 is 0. The third kappa shape index (κ3) is 7.82. The number of hydrogen-bond donors (Lipinski definition) is 2. The summed E-state index contributed by atoms with van der Waals surface area (Å²) in [5.41, 5.74) is -0.524. The van der Waals surface area contributed by atoms with Crippen LogP contribution in [0.15, 0.2) is 30.9 Å². The number of likely N-dealkylation sites (tertiary alicyclic amines) is 1. The predicted octanol–water partition coefficient (Wildman–Crippen LogP) is 4.81. The molecule has 0 bridgehead atoms. The van der Waals surface area contributed by atoms with Crippen molar-refractivity contribution in [1.29, 1.82) is 0 Å². The molecule has 5 rings (SSSR count). The Hall–Kier alpha value is -4.68. The number of benzene rings is 1. The predicted molar refractivity (Wildman–Crippen MR) is 188 cm³/mol. The fourth-order valence-electron chi connectivity index (χ4n) is 7.14. The van der Waals surface area contributed by atoms with Crippen molar-refractivity contribution in [2.75, 3.05) is 20.8 Å². The first-order chi connectivity index (χ1) is 24.1. The SMILES string of the molecule is C=CC1CC1(NC(=O)[C@@H]1C[C@H](Oc2cc(C(=O)CC)nc3cc(OC)c(C)cc23)CN1C(=O)C(NC(=O)OC1CCCC1)C(C)(C)C)C(=O)OC. The number of fused-ring (bicyclic) bond motifs is 1. The number of alkyl carbamates (subject to hydrolysis) is 1. The smallest absolute Gasteiger partial charge is 0.408 e. The molecule has 1 saturated heterocycles. The van der Waals surface area contributed by atoms with Gasteiger partial charge in [-0.2, -0.15) is 0 Å². The Morgan fingerprint density at radius 1 is 1.08 bits per heavy atom. The average molecular weight is 707 g/mol. The van der Waals surface area contributed by atoms with E-state index in [1.807, 2.05) is 33.8 Å². The van der Waals surface area contributed by atoms with Crippen LogP contribution < -0.4 is 20.1 Å². The summed E-state index contributed by atoms with van der Waals surface area (Å²) in [6.07, 6.45) is 4.06. The first kappa shape index (κ1) is 37.6. The van der Waals surface area contributed by atoms with Crippen molar-refractivity contribution in [3.05, 3.63) is 42.1 Å². The molecule has 2 aliphatic carbocycles. The highest BCUT2D eigenvalue weighted by Crippen LogP contribution is 2.46. The van der Waals surface area contributed by atoms with Crippen molar-refractivity contribution in [3.8, 4) is 11.5 Å². The third-order valence-corrected chi connectivity index (χ3v) is 10.2. The lowest BCUT2D eigenvalue weighted by Crippen LogP contribution is -2.59. The Balaban J connectivity index is 1.49. The van der Waals surface area contributed by atoms with Gasteiger partial charge in [-0.1, -0.05) is 33.8 Å². The van der Waals surface area contributed by atoms with Crippen LogP contribution in [0, 0.1) is 18.3 Å². The monoisotopic (exact) mass is 706 g/mol. The number of methoxy groups -OCH3 is 2. The van der Waals surface area contributed by atoms with Crippen molar-refractivity contribution in [2.45, 2.75) is 109 Å². The fourth-order valence-corrected chi connectivity index (χ4v) is 7.14. The molecule has 0 spiro atoms. The van der Waals surface area contributed by atoms with E-state index >= 15 is 0 Å². The van der Waals surface area contributed by atoms with Crippen LogP contribution in [-0.2, 0) is 23.9 Å². The van der Waals surface area contributed by atoms with Crippen LogP contribution in [0.5, 0.6) is 11.5 Å². The van der Waals surface area contributed by atoms with Crippen molar-refractivity contribution in [3.63, 3.8) is 0 Å². The molecule has 3 unspecified atom stereocenters. The number of nitrogens with one attached hydrogen (secondary N) is 2. The molecule has 1 aromatic carbocycles. The number of rotatable bonds is 12. The van der Waals surface area contributed by atoms with E-state index in [1.165, 1.54) is 12.0 Å². The number of pyridine rings is 1. The molecule has 3 amide bonds. The fraction of sp³-hybridized carbons (Fsp3) is 0.579. The normalized spacial score (nSPS) is 23.7. The van der Waals surface area contributed by atoms with Crippen molar-refractivity contribution >= 4 is 40.6 Å². The zero-order valence-electron chi connectivity index (χ0n) is 30.6.